The first kappa shape index (κ1) is 15.8. The van der Waals surface area contributed by atoms with Crippen LogP contribution in [-0.2, 0) is 4.74 Å². The van der Waals surface area contributed by atoms with Crippen LogP contribution < -0.4 is 15.2 Å². The van der Waals surface area contributed by atoms with E-state index in [1.165, 1.54) is 0 Å². The van der Waals surface area contributed by atoms with Crippen molar-refractivity contribution in [3.63, 3.8) is 0 Å². The lowest BCUT2D eigenvalue weighted by molar-refractivity contribution is -0.0334. The second kappa shape index (κ2) is 6.99. The zero-order valence-electron chi connectivity index (χ0n) is 13.6. The van der Waals surface area contributed by atoms with Gasteiger partial charge in [-0.05, 0) is 25.7 Å². The average molecular weight is 321 g/mol. The molecule has 23 heavy (non-hydrogen) atoms. The van der Waals surface area contributed by atoms with Gasteiger partial charge in [0.2, 0.25) is 0 Å². The highest BCUT2D eigenvalue weighted by Crippen LogP contribution is 2.33. The summed E-state index contributed by atoms with van der Waals surface area (Å²) in [7, 11) is 1.57. The quantitative estimate of drug-likeness (QED) is 0.815. The minimum Gasteiger partial charge on any atom is -0.468 e. The molecule has 1 saturated heterocycles. The molecule has 0 bridgehead atoms. The van der Waals surface area contributed by atoms with Crippen LogP contribution in [0.25, 0.3) is 11.2 Å². The fourth-order valence-electron chi connectivity index (χ4n) is 2.66. The van der Waals surface area contributed by atoms with E-state index in [2.05, 4.69) is 21.9 Å². The van der Waals surface area contributed by atoms with Crippen molar-refractivity contribution < 1.29 is 14.2 Å². The van der Waals surface area contributed by atoms with Gasteiger partial charge in [0.25, 0.3) is 0 Å². The summed E-state index contributed by atoms with van der Waals surface area (Å²) in [5.41, 5.74) is 7.13. The Morgan fingerprint density at radius 1 is 1.30 bits per heavy atom. The van der Waals surface area contributed by atoms with E-state index < -0.39 is 0 Å². The Hall–Kier alpha value is -2.09. The largest absolute Gasteiger partial charge is 0.468 e. The lowest BCUT2D eigenvalue weighted by Gasteiger charge is -2.24. The first-order valence-electron chi connectivity index (χ1n) is 8.08. The van der Waals surface area contributed by atoms with Crippen molar-refractivity contribution in [3.05, 3.63) is 0 Å². The van der Waals surface area contributed by atoms with Gasteiger partial charge in [-0.15, -0.1) is 0 Å². The summed E-state index contributed by atoms with van der Waals surface area (Å²) in [4.78, 5) is 13.1. The van der Waals surface area contributed by atoms with Crippen LogP contribution >= 0.6 is 0 Å². The Labute approximate surface area is 135 Å². The van der Waals surface area contributed by atoms with Gasteiger partial charge in [0, 0.05) is 6.61 Å². The van der Waals surface area contributed by atoms with Crippen molar-refractivity contribution >= 4 is 17.0 Å². The fraction of sp³-hybridized carbons (Fsp3) is 0.667. The maximum Gasteiger partial charge on any atom is 0.320 e. The number of anilines is 1. The van der Waals surface area contributed by atoms with E-state index in [1.807, 2.05) is 4.57 Å². The van der Waals surface area contributed by atoms with Gasteiger partial charge in [0.1, 0.15) is 6.23 Å². The van der Waals surface area contributed by atoms with Crippen molar-refractivity contribution in [2.24, 2.45) is 0 Å². The van der Waals surface area contributed by atoms with E-state index in [9.17, 15) is 0 Å². The Kier molecular flexibility index (Phi) is 4.80. The maximum atomic E-state index is 6.02. The van der Waals surface area contributed by atoms with Crippen LogP contribution in [0.4, 0.5) is 5.82 Å². The summed E-state index contributed by atoms with van der Waals surface area (Å²) < 4.78 is 18.7. The first-order valence-corrected chi connectivity index (χ1v) is 8.08. The highest BCUT2D eigenvalue weighted by Gasteiger charge is 2.25. The molecule has 3 rings (SSSR count). The van der Waals surface area contributed by atoms with Crippen molar-refractivity contribution in [1.82, 2.24) is 19.5 Å². The Bertz CT molecular complexity index is 667. The van der Waals surface area contributed by atoms with E-state index in [0.29, 0.717) is 30.4 Å². The van der Waals surface area contributed by atoms with E-state index >= 15 is 0 Å². The number of ether oxygens (including phenoxy) is 3. The molecule has 0 saturated carbocycles. The number of nitrogens with zero attached hydrogens (tertiary/aromatic N) is 4. The molecule has 2 aromatic heterocycles. The number of aromatic nitrogens is 4. The van der Waals surface area contributed by atoms with E-state index in [1.54, 1.807) is 7.11 Å². The molecule has 3 heterocycles. The highest BCUT2D eigenvalue weighted by molar-refractivity contribution is 5.83. The molecule has 0 radical (unpaired) electrons. The van der Waals surface area contributed by atoms with E-state index in [-0.39, 0.29) is 18.1 Å². The summed E-state index contributed by atoms with van der Waals surface area (Å²) in [6, 6.07) is 0.696. The van der Waals surface area contributed by atoms with E-state index in [4.69, 9.17) is 19.9 Å². The number of hydrogen-bond acceptors (Lipinski definition) is 7. The van der Waals surface area contributed by atoms with Crippen LogP contribution in [0.15, 0.2) is 0 Å². The topological polar surface area (TPSA) is 97.3 Å². The third-order valence-electron chi connectivity index (χ3n) is 3.87. The lowest BCUT2D eigenvalue weighted by Crippen LogP contribution is -2.19. The van der Waals surface area contributed by atoms with Crippen LogP contribution in [0.3, 0.4) is 0 Å². The Morgan fingerprint density at radius 2 is 2.17 bits per heavy atom. The van der Waals surface area contributed by atoms with Crippen LogP contribution in [0.1, 0.15) is 45.3 Å². The minimum atomic E-state index is -0.151. The van der Waals surface area contributed by atoms with Crippen molar-refractivity contribution in [2.45, 2.75) is 45.3 Å². The van der Waals surface area contributed by atoms with Gasteiger partial charge < -0.3 is 19.9 Å². The van der Waals surface area contributed by atoms with Gasteiger partial charge in [-0.3, -0.25) is 4.57 Å². The minimum absolute atomic E-state index is 0.151. The third-order valence-corrected chi connectivity index (χ3v) is 3.87. The number of nitrogens with two attached hydrogens (primary N) is 1. The molecule has 2 aromatic rings. The molecule has 1 aliphatic rings. The summed E-state index contributed by atoms with van der Waals surface area (Å²) >= 11 is 0. The summed E-state index contributed by atoms with van der Waals surface area (Å²) in [6.07, 6.45) is 4.87. The lowest BCUT2D eigenvalue weighted by atomic mass is 10.2. The molecule has 1 fully saturated rings. The summed E-state index contributed by atoms with van der Waals surface area (Å²) in [5.74, 6) is 0.286. The van der Waals surface area contributed by atoms with E-state index in [0.717, 1.165) is 32.1 Å². The predicted octanol–water partition coefficient (Wildman–Crippen LogP) is 2.30. The van der Waals surface area contributed by atoms with Crippen LogP contribution in [0.2, 0.25) is 0 Å². The third kappa shape index (κ3) is 3.17. The zero-order chi connectivity index (χ0) is 16.2. The molecule has 1 unspecified atom stereocenters. The maximum absolute atomic E-state index is 6.02. The van der Waals surface area contributed by atoms with Crippen LogP contribution in [-0.4, -0.2) is 39.8 Å². The molecule has 0 aliphatic carbocycles. The number of methoxy groups -OCH3 is 1. The van der Waals surface area contributed by atoms with Crippen molar-refractivity contribution in [1.29, 1.82) is 0 Å². The van der Waals surface area contributed by atoms with Gasteiger partial charge in [-0.25, -0.2) is 0 Å². The van der Waals surface area contributed by atoms with Gasteiger partial charge in [-0.1, -0.05) is 13.3 Å². The Balaban J connectivity index is 2.01. The number of imidazole rings is 1. The monoisotopic (exact) mass is 321 g/mol. The molecule has 0 spiro atoms. The molecule has 8 heteroatoms. The smallest absolute Gasteiger partial charge is 0.320 e. The number of hydrogen-bond donors (Lipinski definition) is 1. The average Bonchev–Trinajstić information content (AvgIpc) is 2.95. The number of nitrogen functional groups attached to an aromatic ring is 1. The van der Waals surface area contributed by atoms with Crippen molar-refractivity contribution in [3.8, 4) is 12.0 Å². The SMILES string of the molecule is CCCCOc1nc(N)c2nc(OC)n(C3CCCCO3)c2n1. The van der Waals surface area contributed by atoms with Crippen LogP contribution in [0, 0.1) is 0 Å². The molecule has 1 aliphatic heterocycles. The second-order valence-corrected chi connectivity index (χ2v) is 5.56. The Morgan fingerprint density at radius 3 is 2.87 bits per heavy atom. The zero-order valence-corrected chi connectivity index (χ0v) is 13.6. The number of fused-ring (bicyclic) bond motifs is 1. The van der Waals surface area contributed by atoms with Gasteiger partial charge in [-0.2, -0.15) is 15.0 Å². The summed E-state index contributed by atoms with van der Waals surface area (Å²) in [5, 5.41) is 0. The first-order chi connectivity index (χ1) is 11.2. The molecule has 2 N–H and O–H groups in total. The molecular formula is C15H23N5O3. The molecule has 126 valence electrons. The van der Waals surface area contributed by atoms with Crippen molar-refractivity contribution in [2.75, 3.05) is 26.1 Å². The number of unbranched alkanes of at least 4 members (excludes halogenated alkanes) is 1. The standard InChI is InChI=1S/C15H23N5O3/c1-3-4-8-23-14-18-12(16)11-13(19-14)20(15(17-11)21-2)10-7-5-6-9-22-10/h10H,3-9H2,1-2H3,(H2,16,18,19). The molecule has 0 amide bonds. The molecule has 0 aromatic carbocycles. The number of rotatable bonds is 6. The normalized spacial score (nSPS) is 18.3. The van der Waals surface area contributed by atoms with Gasteiger partial charge in [0.05, 0.1) is 13.7 Å². The molecule has 1 atom stereocenters. The molecular weight excluding hydrogens is 298 g/mol. The highest BCUT2D eigenvalue weighted by atomic mass is 16.5. The second-order valence-electron chi connectivity index (χ2n) is 5.56. The molecule has 8 nitrogen and oxygen atoms in total. The van der Waals surface area contributed by atoms with Gasteiger partial charge in [0.15, 0.2) is 17.0 Å². The van der Waals surface area contributed by atoms with Crippen LogP contribution in [0.5, 0.6) is 12.0 Å². The summed E-state index contributed by atoms with van der Waals surface area (Å²) in [6.45, 7) is 3.38. The predicted molar refractivity (Wildman–Crippen MR) is 85.5 cm³/mol. The fourth-order valence-corrected chi connectivity index (χ4v) is 2.66. The van der Waals surface area contributed by atoms with Gasteiger partial charge >= 0.3 is 12.0 Å².